The number of nitrogens with two attached hydrogens (primary N) is 1. The number of nitrogen functional groups attached to an aromatic ring is 1. The van der Waals surface area contributed by atoms with Gasteiger partial charge in [0.2, 0.25) is 0 Å². The highest BCUT2D eigenvalue weighted by Gasteiger charge is 2.15. The zero-order valence-electron chi connectivity index (χ0n) is 7.68. The number of benzene rings is 1. The summed E-state index contributed by atoms with van der Waals surface area (Å²) in [6, 6.07) is 4.30. The minimum atomic E-state index is 0.968. The van der Waals surface area contributed by atoms with Crippen molar-refractivity contribution in [1.82, 2.24) is 4.90 Å². The van der Waals surface area contributed by atoms with Crippen LogP contribution in [-0.2, 0) is 13.0 Å². The highest BCUT2D eigenvalue weighted by molar-refractivity contribution is 14.1. The van der Waals surface area contributed by atoms with Gasteiger partial charge in [0.25, 0.3) is 0 Å². The third-order valence-electron chi connectivity index (χ3n) is 2.53. The Bertz CT molecular complexity index is 336. The highest BCUT2D eigenvalue weighted by atomic mass is 127. The summed E-state index contributed by atoms with van der Waals surface area (Å²) < 4.78 is 1.24. The number of nitrogens with zero attached hydrogens (tertiary/aromatic N) is 1. The van der Waals surface area contributed by atoms with Gasteiger partial charge in [-0.3, -0.25) is 0 Å². The summed E-state index contributed by atoms with van der Waals surface area (Å²) >= 11 is 2.32. The SMILES string of the molecule is CN1CCc2c(N)cc(I)cc2C1. The van der Waals surface area contributed by atoms with Crippen LogP contribution in [0.25, 0.3) is 0 Å². The van der Waals surface area contributed by atoms with Crippen LogP contribution in [0.3, 0.4) is 0 Å². The Morgan fingerprint density at radius 2 is 2.23 bits per heavy atom. The number of hydrogen-bond donors (Lipinski definition) is 1. The highest BCUT2D eigenvalue weighted by Crippen LogP contribution is 2.25. The van der Waals surface area contributed by atoms with Crippen LogP contribution in [0.2, 0.25) is 0 Å². The van der Waals surface area contributed by atoms with Crippen LogP contribution in [0.5, 0.6) is 0 Å². The van der Waals surface area contributed by atoms with Crippen molar-refractivity contribution in [3.05, 3.63) is 26.8 Å². The second kappa shape index (κ2) is 3.46. The molecule has 0 radical (unpaired) electrons. The maximum absolute atomic E-state index is 5.96. The largest absolute Gasteiger partial charge is 0.398 e. The Morgan fingerprint density at radius 3 is 3.00 bits per heavy atom. The summed E-state index contributed by atoms with van der Waals surface area (Å²) in [5, 5.41) is 0. The molecule has 0 saturated heterocycles. The van der Waals surface area contributed by atoms with Crippen molar-refractivity contribution in [2.45, 2.75) is 13.0 Å². The predicted octanol–water partition coefficient (Wildman–Crippen LogP) is 1.86. The van der Waals surface area contributed by atoms with Gasteiger partial charge in [-0.15, -0.1) is 0 Å². The molecular formula is C10H13IN2. The Hall–Kier alpha value is -0.290. The number of anilines is 1. The van der Waals surface area contributed by atoms with Crippen LogP contribution in [0, 0.1) is 3.57 Å². The lowest BCUT2D eigenvalue weighted by atomic mass is 9.98. The molecule has 1 aliphatic rings. The molecule has 3 heteroatoms. The van der Waals surface area contributed by atoms with E-state index in [0.29, 0.717) is 0 Å². The van der Waals surface area contributed by atoms with E-state index < -0.39 is 0 Å². The van der Waals surface area contributed by atoms with E-state index in [2.05, 4.69) is 46.7 Å². The average molecular weight is 288 g/mol. The summed E-state index contributed by atoms with van der Waals surface area (Å²) in [6.45, 7) is 2.16. The zero-order valence-corrected chi connectivity index (χ0v) is 9.84. The van der Waals surface area contributed by atoms with Crippen molar-refractivity contribution in [2.24, 2.45) is 0 Å². The van der Waals surface area contributed by atoms with Gasteiger partial charge in [0.1, 0.15) is 0 Å². The third-order valence-corrected chi connectivity index (χ3v) is 3.15. The monoisotopic (exact) mass is 288 g/mol. The average Bonchev–Trinajstić information content (AvgIpc) is 2.02. The molecular weight excluding hydrogens is 275 g/mol. The van der Waals surface area contributed by atoms with Crippen LogP contribution in [0.4, 0.5) is 5.69 Å². The molecule has 1 aromatic carbocycles. The summed E-state index contributed by atoms with van der Waals surface area (Å²) in [5.74, 6) is 0. The number of rotatable bonds is 0. The zero-order chi connectivity index (χ0) is 9.42. The maximum atomic E-state index is 5.96. The maximum Gasteiger partial charge on any atom is 0.0360 e. The molecule has 1 heterocycles. The van der Waals surface area contributed by atoms with Crippen molar-refractivity contribution >= 4 is 28.3 Å². The molecule has 1 aromatic rings. The Kier molecular flexibility index (Phi) is 2.47. The lowest BCUT2D eigenvalue weighted by Crippen LogP contribution is -2.27. The summed E-state index contributed by atoms with van der Waals surface area (Å²) in [5.41, 5.74) is 9.69. The number of fused-ring (bicyclic) bond motifs is 1. The van der Waals surface area contributed by atoms with Crippen molar-refractivity contribution in [1.29, 1.82) is 0 Å². The fraction of sp³-hybridized carbons (Fsp3) is 0.400. The molecule has 2 rings (SSSR count). The van der Waals surface area contributed by atoms with Gasteiger partial charge in [0, 0.05) is 22.3 Å². The van der Waals surface area contributed by atoms with E-state index in [4.69, 9.17) is 5.73 Å². The first-order valence-corrected chi connectivity index (χ1v) is 5.50. The molecule has 0 spiro atoms. The molecule has 0 aromatic heterocycles. The number of hydrogen-bond acceptors (Lipinski definition) is 2. The van der Waals surface area contributed by atoms with E-state index in [-0.39, 0.29) is 0 Å². The fourth-order valence-electron chi connectivity index (χ4n) is 1.83. The van der Waals surface area contributed by atoms with Gasteiger partial charge in [-0.2, -0.15) is 0 Å². The smallest absolute Gasteiger partial charge is 0.0360 e. The lowest BCUT2D eigenvalue weighted by molar-refractivity contribution is 0.313. The van der Waals surface area contributed by atoms with E-state index in [0.717, 1.165) is 25.2 Å². The minimum absolute atomic E-state index is 0.968. The Balaban J connectivity index is 2.47. The second-order valence-corrected chi connectivity index (χ2v) is 4.87. The molecule has 2 nitrogen and oxygen atoms in total. The van der Waals surface area contributed by atoms with Crippen LogP contribution >= 0.6 is 22.6 Å². The van der Waals surface area contributed by atoms with E-state index >= 15 is 0 Å². The van der Waals surface area contributed by atoms with E-state index in [1.54, 1.807) is 0 Å². The molecule has 13 heavy (non-hydrogen) atoms. The Labute approximate surface area is 92.2 Å². The van der Waals surface area contributed by atoms with Crippen molar-refractivity contribution in [3.63, 3.8) is 0 Å². The standard InChI is InChI=1S/C10H13IN2/c1-13-3-2-9-7(6-13)4-8(11)5-10(9)12/h4-5H,2-3,6,12H2,1H3. The van der Waals surface area contributed by atoms with Gasteiger partial charge in [0.05, 0.1) is 0 Å². The summed E-state index contributed by atoms with van der Waals surface area (Å²) in [4.78, 5) is 2.33. The topological polar surface area (TPSA) is 29.3 Å². The van der Waals surface area contributed by atoms with Gasteiger partial charge in [-0.05, 0) is 59.3 Å². The Morgan fingerprint density at radius 1 is 1.46 bits per heavy atom. The van der Waals surface area contributed by atoms with Crippen LogP contribution in [-0.4, -0.2) is 18.5 Å². The number of likely N-dealkylation sites (N-methyl/N-ethyl adjacent to an activating group) is 1. The van der Waals surface area contributed by atoms with Gasteiger partial charge < -0.3 is 10.6 Å². The van der Waals surface area contributed by atoms with Gasteiger partial charge >= 0.3 is 0 Å². The van der Waals surface area contributed by atoms with Crippen molar-refractivity contribution in [3.8, 4) is 0 Å². The molecule has 0 amide bonds. The first-order valence-electron chi connectivity index (χ1n) is 4.42. The van der Waals surface area contributed by atoms with E-state index in [1.165, 1.54) is 14.7 Å². The molecule has 2 N–H and O–H groups in total. The summed E-state index contributed by atoms with van der Waals surface area (Å²) in [6.07, 6.45) is 1.09. The first-order chi connectivity index (χ1) is 6.16. The lowest BCUT2D eigenvalue weighted by Gasteiger charge is -2.26. The minimum Gasteiger partial charge on any atom is -0.398 e. The van der Waals surface area contributed by atoms with Gasteiger partial charge in [-0.25, -0.2) is 0 Å². The molecule has 1 aliphatic heterocycles. The quantitative estimate of drug-likeness (QED) is 0.583. The first kappa shape index (κ1) is 9.27. The van der Waals surface area contributed by atoms with Crippen molar-refractivity contribution < 1.29 is 0 Å². The van der Waals surface area contributed by atoms with Crippen molar-refractivity contribution in [2.75, 3.05) is 19.3 Å². The van der Waals surface area contributed by atoms with Crippen LogP contribution in [0.15, 0.2) is 12.1 Å². The molecule has 70 valence electrons. The molecule has 0 fully saturated rings. The molecule has 0 unspecified atom stereocenters. The second-order valence-electron chi connectivity index (χ2n) is 3.62. The third kappa shape index (κ3) is 1.81. The van der Waals surface area contributed by atoms with Gasteiger partial charge in [-0.1, -0.05) is 0 Å². The normalized spacial score (nSPS) is 17.1. The fourth-order valence-corrected chi connectivity index (χ4v) is 2.55. The van der Waals surface area contributed by atoms with Gasteiger partial charge in [0.15, 0.2) is 0 Å². The molecule has 0 saturated carbocycles. The van der Waals surface area contributed by atoms with E-state index in [9.17, 15) is 0 Å². The predicted molar refractivity (Wildman–Crippen MR) is 63.6 cm³/mol. The molecule has 0 aliphatic carbocycles. The van der Waals surface area contributed by atoms with E-state index in [1.807, 2.05) is 0 Å². The summed E-state index contributed by atoms with van der Waals surface area (Å²) in [7, 11) is 2.15. The molecule has 0 bridgehead atoms. The van der Waals surface area contributed by atoms with Crippen LogP contribution < -0.4 is 5.73 Å². The van der Waals surface area contributed by atoms with Crippen LogP contribution in [0.1, 0.15) is 11.1 Å². The number of halogens is 1. The molecule has 0 atom stereocenters.